The van der Waals surface area contributed by atoms with E-state index in [0.29, 0.717) is 5.56 Å². The van der Waals surface area contributed by atoms with E-state index in [1.807, 2.05) is 0 Å². The molecule has 0 amide bonds. The quantitative estimate of drug-likeness (QED) is 0.815. The molecular weight excluding hydrogens is 198 g/mol. The zero-order valence-corrected chi connectivity index (χ0v) is 8.71. The minimum absolute atomic E-state index is 0.215. The van der Waals surface area contributed by atoms with Crippen LogP contribution in [-0.2, 0) is 6.42 Å². The summed E-state index contributed by atoms with van der Waals surface area (Å²) in [4.78, 5) is 0. The fourth-order valence-electron chi connectivity index (χ4n) is 1.23. The lowest BCUT2D eigenvalue weighted by molar-refractivity contribution is -0.168. The molecule has 0 aliphatic heterocycles. The van der Waals surface area contributed by atoms with Crippen molar-refractivity contribution in [3.63, 3.8) is 0 Å². The summed E-state index contributed by atoms with van der Waals surface area (Å²) >= 11 is 0. The van der Waals surface area contributed by atoms with Crippen molar-refractivity contribution in [2.45, 2.75) is 31.3 Å². The van der Waals surface area contributed by atoms with Gasteiger partial charge in [-0.1, -0.05) is 37.3 Å². The van der Waals surface area contributed by atoms with Gasteiger partial charge in [0.2, 0.25) is 0 Å². The second kappa shape index (κ2) is 4.27. The van der Waals surface area contributed by atoms with Crippen LogP contribution in [0.15, 0.2) is 30.3 Å². The summed E-state index contributed by atoms with van der Waals surface area (Å²) < 4.78 is 27.2. The van der Waals surface area contributed by atoms with Crippen LogP contribution in [0.4, 0.5) is 8.78 Å². The van der Waals surface area contributed by atoms with E-state index < -0.39 is 17.9 Å². The SMILES string of the molecule is [CH2]CC(C)(O)C(F)(F)Cc1ccccc1. The van der Waals surface area contributed by atoms with Gasteiger partial charge >= 0.3 is 0 Å². The molecule has 0 saturated carbocycles. The molecule has 1 rings (SSSR count). The van der Waals surface area contributed by atoms with Gasteiger partial charge < -0.3 is 5.11 Å². The highest BCUT2D eigenvalue weighted by atomic mass is 19.3. The third-order valence-corrected chi connectivity index (χ3v) is 2.54. The lowest BCUT2D eigenvalue weighted by Gasteiger charge is -2.31. The monoisotopic (exact) mass is 213 g/mol. The Hall–Kier alpha value is -0.960. The van der Waals surface area contributed by atoms with Gasteiger partial charge in [-0.2, -0.15) is 0 Å². The molecule has 1 aromatic carbocycles. The van der Waals surface area contributed by atoms with E-state index in [9.17, 15) is 13.9 Å². The maximum Gasteiger partial charge on any atom is 0.279 e. The van der Waals surface area contributed by atoms with E-state index in [0.717, 1.165) is 6.92 Å². The first-order valence-electron chi connectivity index (χ1n) is 4.82. The van der Waals surface area contributed by atoms with Gasteiger partial charge in [0, 0.05) is 6.42 Å². The summed E-state index contributed by atoms with van der Waals surface area (Å²) in [7, 11) is 0. The molecule has 1 unspecified atom stereocenters. The van der Waals surface area contributed by atoms with Gasteiger partial charge in [-0.25, -0.2) is 8.78 Å². The zero-order valence-electron chi connectivity index (χ0n) is 8.71. The van der Waals surface area contributed by atoms with Crippen LogP contribution in [0.2, 0.25) is 0 Å². The van der Waals surface area contributed by atoms with Crippen molar-refractivity contribution in [2.24, 2.45) is 0 Å². The zero-order chi connectivity index (χ0) is 11.5. The third kappa shape index (κ3) is 2.75. The Kier molecular flexibility index (Phi) is 3.45. The summed E-state index contributed by atoms with van der Waals surface area (Å²) in [5.74, 6) is -3.16. The predicted molar refractivity (Wildman–Crippen MR) is 55.7 cm³/mol. The molecule has 15 heavy (non-hydrogen) atoms. The summed E-state index contributed by atoms with van der Waals surface area (Å²) in [6, 6.07) is 8.40. The highest BCUT2D eigenvalue weighted by Gasteiger charge is 2.47. The van der Waals surface area contributed by atoms with E-state index >= 15 is 0 Å². The summed E-state index contributed by atoms with van der Waals surface area (Å²) in [5.41, 5.74) is -1.54. The molecule has 83 valence electrons. The van der Waals surface area contributed by atoms with Crippen LogP contribution >= 0.6 is 0 Å². The lowest BCUT2D eigenvalue weighted by Crippen LogP contribution is -2.46. The van der Waals surface area contributed by atoms with Crippen LogP contribution in [0, 0.1) is 6.92 Å². The third-order valence-electron chi connectivity index (χ3n) is 2.54. The second-order valence-corrected chi connectivity index (χ2v) is 3.89. The molecule has 0 heterocycles. The Morgan fingerprint density at radius 3 is 2.27 bits per heavy atom. The lowest BCUT2D eigenvalue weighted by atomic mass is 9.90. The first-order chi connectivity index (χ1) is 6.89. The van der Waals surface area contributed by atoms with Crippen molar-refractivity contribution < 1.29 is 13.9 Å². The number of halogens is 2. The highest BCUT2D eigenvalue weighted by Crippen LogP contribution is 2.34. The Bertz CT molecular complexity index is 307. The van der Waals surface area contributed by atoms with Crippen molar-refractivity contribution in [1.29, 1.82) is 0 Å². The molecule has 1 atom stereocenters. The molecule has 0 aliphatic rings. The van der Waals surface area contributed by atoms with Crippen molar-refractivity contribution in [2.75, 3.05) is 0 Å². The van der Waals surface area contributed by atoms with Gasteiger partial charge in [-0.05, 0) is 18.9 Å². The van der Waals surface area contributed by atoms with Crippen LogP contribution in [0.5, 0.6) is 0 Å². The molecular formula is C12H15F2O. The maximum atomic E-state index is 13.6. The summed E-state index contributed by atoms with van der Waals surface area (Å²) in [6.07, 6.45) is -0.677. The number of aliphatic hydroxyl groups is 1. The Labute approximate surface area is 88.7 Å². The van der Waals surface area contributed by atoms with Crippen LogP contribution in [0.3, 0.4) is 0 Å². The van der Waals surface area contributed by atoms with Crippen molar-refractivity contribution in [1.82, 2.24) is 0 Å². The summed E-state index contributed by atoms with van der Waals surface area (Å²) in [6.45, 7) is 4.45. The number of alkyl halides is 2. The van der Waals surface area contributed by atoms with E-state index in [1.165, 1.54) is 0 Å². The van der Waals surface area contributed by atoms with Gasteiger partial charge in [0.15, 0.2) is 0 Å². The van der Waals surface area contributed by atoms with Crippen LogP contribution in [0.1, 0.15) is 18.9 Å². The van der Waals surface area contributed by atoms with Crippen LogP contribution in [0.25, 0.3) is 0 Å². The Morgan fingerprint density at radius 2 is 1.80 bits per heavy atom. The van der Waals surface area contributed by atoms with Gasteiger partial charge in [0.25, 0.3) is 5.92 Å². The molecule has 0 bridgehead atoms. The molecule has 0 aliphatic carbocycles. The molecule has 1 aromatic rings. The fourth-order valence-corrected chi connectivity index (χ4v) is 1.23. The van der Waals surface area contributed by atoms with E-state index in [4.69, 9.17) is 0 Å². The highest BCUT2D eigenvalue weighted by molar-refractivity contribution is 5.17. The maximum absolute atomic E-state index is 13.6. The second-order valence-electron chi connectivity index (χ2n) is 3.89. The summed E-state index contributed by atoms with van der Waals surface area (Å²) in [5, 5.41) is 9.50. The van der Waals surface area contributed by atoms with E-state index in [2.05, 4.69) is 6.92 Å². The minimum Gasteiger partial charge on any atom is -0.384 e. The Morgan fingerprint density at radius 1 is 1.27 bits per heavy atom. The van der Waals surface area contributed by atoms with Gasteiger partial charge in [-0.15, -0.1) is 0 Å². The molecule has 0 spiro atoms. The number of hydrogen-bond acceptors (Lipinski definition) is 1. The Balaban J connectivity index is 2.81. The van der Waals surface area contributed by atoms with Crippen LogP contribution in [-0.4, -0.2) is 16.6 Å². The molecule has 1 nitrogen and oxygen atoms in total. The number of benzene rings is 1. The van der Waals surface area contributed by atoms with Gasteiger partial charge in [-0.3, -0.25) is 0 Å². The minimum atomic E-state index is -3.16. The van der Waals surface area contributed by atoms with Crippen molar-refractivity contribution in [3.8, 4) is 0 Å². The molecule has 1 N–H and O–H groups in total. The van der Waals surface area contributed by atoms with Crippen molar-refractivity contribution in [3.05, 3.63) is 42.8 Å². The van der Waals surface area contributed by atoms with E-state index in [1.54, 1.807) is 30.3 Å². The smallest absolute Gasteiger partial charge is 0.279 e. The first-order valence-corrected chi connectivity index (χ1v) is 4.82. The predicted octanol–water partition coefficient (Wildman–Crippen LogP) is 2.84. The normalized spacial score (nSPS) is 16.1. The molecule has 0 aromatic heterocycles. The average Bonchev–Trinajstić information content (AvgIpc) is 2.18. The molecule has 3 heteroatoms. The molecule has 0 saturated heterocycles. The van der Waals surface area contributed by atoms with Gasteiger partial charge in [0.1, 0.15) is 5.60 Å². The standard InChI is InChI=1S/C12H15F2O/c1-3-11(2,15)12(13,14)9-10-7-5-4-6-8-10/h4-8,15H,1,3,9H2,2H3. The van der Waals surface area contributed by atoms with Gasteiger partial charge in [0.05, 0.1) is 0 Å². The molecule has 1 radical (unpaired) electrons. The number of rotatable bonds is 4. The van der Waals surface area contributed by atoms with Crippen LogP contribution < -0.4 is 0 Å². The fraction of sp³-hybridized carbons (Fsp3) is 0.417. The number of hydrogen-bond donors (Lipinski definition) is 1. The first kappa shape index (κ1) is 12.1. The average molecular weight is 213 g/mol. The molecule has 0 fully saturated rings. The van der Waals surface area contributed by atoms with E-state index in [-0.39, 0.29) is 6.42 Å². The van der Waals surface area contributed by atoms with Crippen molar-refractivity contribution >= 4 is 0 Å². The largest absolute Gasteiger partial charge is 0.384 e. The topological polar surface area (TPSA) is 20.2 Å².